The summed E-state index contributed by atoms with van der Waals surface area (Å²) in [7, 11) is -3.91. The lowest BCUT2D eigenvalue weighted by Gasteiger charge is -2.34. The minimum Gasteiger partial charge on any atom is -0.341 e. The SMILES string of the molecule is Cc1ccc(S(=O)(=O)NC(Cc2cccc(C#N)c2)C(=O)N2CCC(c3ccccc3)CC2)cc1. The monoisotopic (exact) mass is 487 g/mol. The van der Waals surface area contributed by atoms with E-state index in [4.69, 9.17) is 0 Å². The van der Waals surface area contributed by atoms with Crippen molar-refractivity contribution in [3.05, 3.63) is 101 Å². The van der Waals surface area contributed by atoms with Crippen LogP contribution in [0.4, 0.5) is 0 Å². The summed E-state index contributed by atoms with van der Waals surface area (Å²) in [6.45, 7) is 3.02. The lowest BCUT2D eigenvalue weighted by molar-refractivity contribution is -0.134. The Labute approximate surface area is 207 Å². The van der Waals surface area contributed by atoms with Crippen LogP contribution in [0.5, 0.6) is 0 Å². The van der Waals surface area contributed by atoms with Gasteiger partial charge in [-0.25, -0.2) is 8.42 Å². The highest BCUT2D eigenvalue weighted by molar-refractivity contribution is 7.89. The van der Waals surface area contributed by atoms with Crippen molar-refractivity contribution in [1.29, 1.82) is 5.26 Å². The van der Waals surface area contributed by atoms with Gasteiger partial charge in [-0.15, -0.1) is 0 Å². The van der Waals surface area contributed by atoms with Gasteiger partial charge in [0.25, 0.3) is 0 Å². The average Bonchev–Trinajstić information content (AvgIpc) is 2.89. The van der Waals surface area contributed by atoms with Crippen molar-refractivity contribution in [2.75, 3.05) is 13.1 Å². The third kappa shape index (κ3) is 6.16. The molecule has 1 saturated heterocycles. The van der Waals surface area contributed by atoms with Crippen molar-refractivity contribution < 1.29 is 13.2 Å². The number of piperidine rings is 1. The molecule has 180 valence electrons. The van der Waals surface area contributed by atoms with Gasteiger partial charge >= 0.3 is 0 Å². The van der Waals surface area contributed by atoms with E-state index in [0.717, 1.165) is 24.0 Å². The van der Waals surface area contributed by atoms with Crippen LogP contribution in [-0.4, -0.2) is 38.4 Å². The molecule has 6 nitrogen and oxygen atoms in total. The lowest BCUT2D eigenvalue weighted by Crippen LogP contribution is -2.51. The maximum Gasteiger partial charge on any atom is 0.241 e. The number of aryl methyl sites for hydroxylation is 1. The van der Waals surface area contributed by atoms with Gasteiger partial charge in [0, 0.05) is 13.1 Å². The van der Waals surface area contributed by atoms with Gasteiger partial charge < -0.3 is 4.90 Å². The van der Waals surface area contributed by atoms with Crippen molar-refractivity contribution in [2.24, 2.45) is 0 Å². The summed E-state index contributed by atoms with van der Waals surface area (Å²) in [4.78, 5) is 15.5. The van der Waals surface area contributed by atoms with Gasteiger partial charge in [-0.05, 0) is 67.5 Å². The number of nitrogens with one attached hydrogen (secondary N) is 1. The highest BCUT2D eigenvalue weighted by Crippen LogP contribution is 2.28. The molecule has 0 spiro atoms. The number of nitrogens with zero attached hydrogens (tertiary/aromatic N) is 2. The Hall–Kier alpha value is -3.47. The number of nitriles is 1. The zero-order valence-electron chi connectivity index (χ0n) is 19.7. The van der Waals surface area contributed by atoms with Gasteiger partial charge in [-0.3, -0.25) is 4.79 Å². The van der Waals surface area contributed by atoms with Gasteiger partial charge in [0.15, 0.2) is 0 Å². The molecule has 1 aliphatic rings. The minimum atomic E-state index is -3.91. The summed E-state index contributed by atoms with van der Waals surface area (Å²) in [5.41, 5.74) is 3.42. The molecular formula is C28H29N3O3S. The van der Waals surface area contributed by atoms with E-state index in [0.29, 0.717) is 24.6 Å². The molecule has 1 aliphatic heterocycles. The standard InChI is InChI=1S/C28H29N3O3S/c1-21-10-12-26(13-11-21)35(33,34)30-27(19-22-6-5-7-23(18-22)20-29)28(32)31-16-14-25(15-17-31)24-8-3-2-4-9-24/h2-13,18,25,27,30H,14-17,19H2,1H3. The number of carbonyl (C=O) groups is 1. The van der Waals surface area contributed by atoms with Crippen LogP contribution in [0, 0.1) is 18.3 Å². The Morgan fingerprint density at radius 3 is 2.37 bits per heavy atom. The number of amides is 1. The maximum absolute atomic E-state index is 13.6. The molecule has 1 amide bonds. The topological polar surface area (TPSA) is 90.3 Å². The Bertz CT molecular complexity index is 1310. The Morgan fingerprint density at radius 2 is 1.71 bits per heavy atom. The van der Waals surface area contributed by atoms with E-state index in [-0.39, 0.29) is 17.2 Å². The number of rotatable bonds is 7. The van der Waals surface area contributed by atoms with E-state index in [2.05, 4.69) is 22.9 Å². The van der Waals surface area contributed by atoms with Crippen molar-refractivity contribution in [1.82, 2.24) is 9.62 Å². The highest BCUT2D eigenvalue weighted by atomic mass is 32.2. The third-order valence-corrected chi connectivity index (χ3v) is 7.99. The van der Waals surface area contributed by atoms with E-state index < -0.39 is 16.1 Å². The predicted octanol–water partition coefficient (Wildman–Crippen LogP) is 4.16. The Balaban J connectivity index is 1.54. The van der Waals surface area contributed by atoms with Crippen LogP contribution in [0.1, 0.15) is 41.0 Å². The summed E-state index contributed by atoms with van der Waals surface area (Å²) < 4.78 is 29.0. The normalized spacial score (nSPS) is 15.4. The van der Waals surface area contributed by atoms with E-state index in [1.54, 1.807) is 47.4 Å². The molecule has 1 heterocycles. The zero-order valence-corrected chi connectivity index (χ0v) is 20.5. The summed E-state index contributed by atoms with van der Waals surface area (Å²) in [5.74, 6) is 0.143. The molecule has 1 fully saturated rings. The molecule has 1 N–H and O–H groups in total. The number of hydrogen-bond donors (Lipinski definition) is 1. The zero-order chi connectivity index (χ0) is 24.8. The maximum atomic E-state index is 13.6. The molecule has 0 aliphatic carbocycles. The third-order valence-electron chi connectivity index (χ3n) is 6.50. The Kier molecular flexibility index (Phi) is 7.64. The predicted molar refractivity (Wildman–Crippen MR) is 135 cm³/mol. The van der Waals surface area contributed by atoms with Gasteiger partial charge in [0.1, 0.15) is 6.04 Å². The minimum absolute atomic E-state index is 0.120. The number of benzene rings is 3. The van der Waals surface area contributed by atoms with E-state index in [1.807, 2.05) is 31.2 Å². The second kappa shape index (κ2) is 10.9. The highest BCUT2D eigenvalue weighted by Gasteiger charge is 2.32. The van der Waals surface area contributed by atoms with Crippen LogP contribution in [-0.2, 0) is 21.2 Å². The second-order valence-electron chi connectivity index (χ2n) is 9.01. The van der Waals surface area contributed by atoms with Gasteiger partial charge in [0.05, 0.1) is 16.5 Å². The Morgan fingerprint density at radius 1 is 1.03 bits per heavy atom. The fourth-order valence-corrected chi connectivity index (χ4v) is 5.72. The van der Waals surface area contributed by atoms with Crippen molar-refractivity contribution in [3.8, 4) is 6.07 Å². The largest absolute Gasteiger partial charge is 0.341 e. The molecule has 35 heavy (non-hydrogen) atoms. The molecule has 7 heteroatoms. The first-order chi connectivity index (χ1) is 16.9. The molecule has 3 aromatic rings. The molecule has 1 unspecified atom stereocenters. The molecule has 1 atom stereocenters. The summed E-state index contributed by atoms with van der Waals surface area (Å²) in [6.07, 6.45) is 1.83. The van der Waals surface area contributed by atoms with Crippen LogP contribution in [0.25, 0.3) is 0 Å². The fraction of sp³-hybridized carbons (Fsp3) is 0.286. The summed E-state index contributed by atoms with van der Waals surface area (Å²) in [6, 6.07) is 24.9. The molecule has 0 radical (unpaired) electrons. The average molecular weight is 488 g/mol. The fourth-order valence-electron chi connectivity index (χ4n) is 4.53. The molecule has 0 saturated carbocycles. The van der Waals surface area contributed by atoms with Gasteiger partial charge in [0.2, 0.25) is 15.9 Å². The van der Waals surface area contributed by atoms with Crippen molar-refractivity contribution >= 4 is 15.9 Å². The smallest absolute Gasteiger partial charge is 0.241 e. The van der Waals surface area contributed by atoms with Gasteiger partial charge in [-0.1, -0.05) is 60.2 Å². The van der Waals surface area contributed by atoms with E-state index in [9.17, 15) is 18.5 Å². The van der Waals surface area contributed by atoms with Crippen LogP contribution in [0.15, 0.2) is 83.8 Å². The number of sulfonamides is 1. The van der Waals surface area contributed by atoms with E-state index in [1.165, 1.54) is 5.56 Å². The quantitative estimate of drug-likeness (QED) is 0.542. The van der Waals surface area contributed by atoms with Crippen LogP contribution in [0.3, 0.4) is 0 Å². The number of hydrogen-bond acceptors (Lipinski definition) is 4. The number of likely N-dealkylation sites (tertiary alicyclic amines) is 1. The van der Waals surface area contributed by atoms with Crippen LogP contribution in [0.2, 0.25) is 0 Å². The molecule has 0 bridgehead atoms. The molecule has 4 rings (SSSR count). The van der Waals surface area contributed by atoms with Gasteiger partial charge in [-0.2, -0.15) is 9.98 Å². The molecule has 0 aromatic heterocycles. The molecular weight excluding hydrogens is 458 g/mol. The summed E-state index contributed by atoms with van der Waals surface area (Å²) in [5, 5.41) is 9.25. The van der Waals surface area contributed by atoms with Crippen molar-refractivity contribution in [3.63, 3.8) is 0 Å². The second-order valence-corrected chi connectivity index (χ2v) is 10.7. The first-order valence-electron chi connectivity index (χ1n) is 11.8. The summed E-state index contributed by atoms with van der Waals surface area (Å²) >= 11 is 0. The van der Waals surface area contributed by atoms with E-state index >= 15 is 0 Å². The van der Waals surface area contributed by atoms with Crippen molar-refractivity contribution in [2.45, 2.75) is 43.0 Å². The van der Waals surface area contributed by atoms with Crippen LogP contribution >= 0.6 is 0 Å². The first kappa shape index (κ1) is 24.6. The lowest BCUT2D eigenvalue weighted by atomic mass is 9.89. The molecule has 3 aromatic carbocycles. The first-order valence-corrected chi connectivity index (χ1v) is 13.3. The number of carbonyl (C=O) groups excluding carboxylic acids is 1. The van der Waals surface area contributed by atoms with Crippen LogP contribution < -0.4 is 4.72 Å².